The van der Waals surface area contributed by atoms with Crippen LogP contribution in [0.4, 0.5) is 0 Å². The summed E-state index contributed by atoms with van der Waals surface area (Å²) in [5.74, 6) is -0.0888. The molecule has 0 aliphatic carbocycles. The molecule has 8 nitrogen and oxygen atoms in total. The van der Waals surface area contributed by atoms with Crippen LogP contribution in [0.25, 0.3) is 28.0 Å². The molecular formula is C27H29N5O3. The van der Waals surface area contributed by atoms with Crippen LogP contribution in [0, 0.1) is 0 Å². The Kier molecular flexibility index (Phi) is 6.08. The van der Waals surface area contributed by atoms with E-state index >= 15 is 0 Å². The fraction of sp³-hybridized carbons (Fsp3) is 0.333. The van der Waals surface area contributed by atoms with Crippen molar-refractivity contribution < 1.29 is 14.6 Å². The molecule has 4 heterocycles. The number of fused-ring (bicyclic) bond motifs is 1. The molecule has 0 radical (unpaired) electrons. The minimum absolute atomic E-state index is 0.0888. The van der Waals surface area contributed by atoms with E-state index in [1.807, 2.05) is 42.5 Å². The molecule has 0 atom stereocenters. The molecule has 1 aliphatic rings. The molecule has 1 N–H and O–H groups in total. The van der Waals surface area contributed by atoms with Crippen LogP contribution >= 0.6 is 0 Å². The van der Waals surface area contributed by atoms with Crippen molar-refractivity contribution >= 4 is 16.9 Å². The standard InChI is InChI=1S/C27H29N5O3/c1-4-22-21-9-10-23(26(33)31-13-15-35-16-14-31)29-25(21)32(30-22)20-7-5-18(6-8-20)24-17-19(11-12-28-24)27(2,3)34/h5-12,17,34H,4,13-16H2,1-3H3. The number of aliphatic hydroxyl groups is 1. The Morgan fingerprint density at radius 2 is 1.83 bits per heavy atom. The number of benzene rings is 1. The van der Waals surface area contributed by atoms with Crippen LogP contribution in [0.3, 0.4) is 0 Å². The number of ether oxygens (including phenoxy) is 1. The maximum absolute atomic E-state index is 13.0. The summed E-state index contributed by atoms with van der Waals surface area (Å²) in [4.78, 5) is 24.0. The summed E-state index contributed by atoms with van der Waals surface area (Å²) in [5.41, 5.74) is 4.43. The van der Waals surface area contributed by atoms with Gasteiger partial charge in [0.2, 0.25) is 0 Å². The third kappa shape index (κ3) is 4.54. The van der Waals surface area contributed by atoms with Crippen LogP contribution in [0.2, 0.25) is 0 Å². The molecule has 0 bridgehead atoms. The van der Waals surface area contributed by atoms with E-state index < -0.39 is 5.60 Å². The van der Waals surface area contributed by atoms with Gasteiger partial charge in [0.05, 0.1) is 35.9 Å². The van der Waals surface area contributed by atoms with E-state index in [0.717, 1.165) is 40.0 Å². The molecular weight excluding hydrogens is 442 g/mol. The van der Waals surface area contributed by atoms with E-state index in [4.69, 9.17) is 14.8 Å². The number of morpholine rings is 1. The second kappa shape index (κ2) is 9.20. The summed E-state index contributed by atoms with van der Waals surface area (Å²) < 4.78 is 7.17. The van der Waals surface area contributed by atoms with Gasteiger partial charge in [0.15, 0.2) is 5.65 Å². The van der Waals surface area contributed by atoms with Crippen molar-refractivity contribution in [2.24, 2.45) is 0 Å². The highest BCUT2D eigenvalue weighted by Gasteiger charge is 2.22. The van der Waals surface area contributed by atoms with E-state index in [2.05, 4.69) is 11.9 Å². The fourth-order valence-corrected chi connectivity index (χ4v) is 4.29. The summed E-state index contributed by atoms with van der Waals surface area (Å²) in [5, 5.41) is 16.1. The van der Waals surface area contributed by atoms with Crippen LogP contribution in [-0.2, 0) is 16.8 Å². The van der Waals surface area contributed by atoms with Crippen molar-refractivity contribution in [2.75, 3.05) is 26.3 Å². The number of hydrogen-bond acceptors (Lipinski definition) is 6. The molecule has 4 aromatic rings. The molecule has 1 aliphatic heterocycles. The molecule has 1 fully saturated rings. The van der Waals surface area contributed by atoms with Gasteiger partial charge in [-0.15, -0.1) is 0 Å². The van der Waals surface area contributed by atoms with Crippen molar-refractivity contribution in [1.82, 2.24) is 24.6 Å². The van der Waals surface area contributed by atoms with Crippen LogP contribution < -0.4 is 0 Å². The van der Waals surface area contributed by atoms with Crippen molar-refractivity contribution in [1.29, 1.82) is 0 Å². The van der Waals surface area contributed by atoms with Gasteiger partial charge in [0, 0.05) is 30.2 Å². The minimum Gasteiger partial charge on any atom is -0.386 e. The first kappa shape index (κ1) is 23.1. The number of aryl methyl sites for hydroxylation is 1. The second-order valence-corrected chi connectivity index (χ2v) is 9.22. The number of carbonyl (C=O) groups is 1. The van der Waals surface area contributed by atoms with Gasteiger partial charge in [-0.05, 0) is 62.2 Å². The molecule has 8 heteroatoms. The van der Waals surface area contributed by atoms with Crippen LogP contribution in [0.15, 0.2) is 54.7 Å². The van der Waals surface area contributed by atoms with E-state index in [9.17, 15) is 9.90 Å². The molecule has 1 amide bonds. The summed E-state index contributed by atoms with van der Waals surface area (Å²) in [6.07, 6.45) is 2.47. The Morgan fingerprint density at radius 1 is 1.09 bits per heavy atom. The van der Waals surface area contributed by atoms with Gasteiger partial charge in [-0.25, -0.2) is 9.67 Å². The van der Waals surface area contributed by atoms with Crippen LogP contribution in [-0.4, -0.2) is 62.0 Å². The number of nitrogens with zero attached hydrogens (tertiary/aromatic N) is 5. The molecule has 3 aromatic heterocycles. The Hall–Kier alpha value is -3.62. The number of aromatic nitrogens is 4. The van der Waals surface area contributed by atoms with Gasteiger partial charge < -0.3 is 14.7 Å². The number of carbonyl (C=O) groups excluding carboxylic acids is 1. The maximum atomic E-state index is 13.0. The lowest BCUT2D eigenvalue weighted by atomic mass is 9.97. The zero-order chi connectivity index (χ0) is 24.6. The number of amides is 1. The lowest BCUT2D eigenvalue weighted by molar-refractivity contribution is 0.0299. The SMILES string of the molecule is CCc1nn(-c2ccc(-c3cc(C(C)(C)O)ccn3)cc2)c2nc(C(=O)N3CCOCC3)ccc12. The van der Waals surface area contributed by atoms with Gasteiger partial charge in [-0.1, -0.05) is 19.1 Å². The number of pyridine rings is 2. The van der Waals surface area contributed by atoms with Crippen molar-refractivity contribution in [3.05, 3.63) is 71.7 Å². The zero-order valence-electron chi connectivity index (χ0n) is 20.2. The Morgan fingerprint density at radius 3 is 2.51 bits per heavy atom. The molecule has 0 spiro atoms. The lowest BCUT2D eigenvalue weighted by Gasteiger charge is -2.26. The highest BCUT2D eigenvalue weighted by atomic mass is 16.5. The largest absolute Gasteiger partial charge is 0.386 e. The Balaban J connectivity index is 1.51. The molecule has 0 saturated carbocycles. The predicted molar refractivity (Wildman–Crippen MR) is 133 cm³/mol. The average molecular weight is 472 g/mol. The summed E-state index contributed by atoms with van der Waals surface area (Å²) >= 11 is 0. The van der Waals surface area contributed by atoms with Gasteiger partial charge in [-0.3, -0.25) is 9.78 Å². The first-order valence-electron chi connectivity index (χ1n) is 11.9. The van der Waals surface area contributed by atoms with Gasteiger partial charge >= 0.3 is 0 Å². The monoisotopic (exact) mass is 471 g/mol. The first-order valence-corrected chi connectivity index (χ1v) is 11.9. The lowest BCUT2D eigenvalue weighted by Crippen LogP contribution is -2.41. The molecule has 180 valence electrons. The third-order valence-electron chi connectivity index (χ3n) is 6.33. The van der Waals surface area contributed by atoms with Gasteiger partial charge in [0.1, 0.15) is 5.69 Å². The first-order chi connectivity index (χ1) is 16.8. The van der Waals surface area contributed by atoms with E-state index in [1.165, 1.54) is 0 Å². The van der Waals surface area contributed by atoms with Crippen LogP contribution in [0.1, 0.15) is 42.5 Å². The normalized spacial score (nSPS) is 14.5. The quantitative estimate of drug-likeness (QED) is 0.477. The molecule has 1 aromatic carbocycles. The summed E-state index contributed by atoms with van der Waals surface area (Å²) in [6, 6.07) is 15.4. The van der Waals surface area contributed by atoms with Crippen molar-refractivity contribution in [3.63, 3.8) is 0 Å². The molecule has 1 saturated heterocycles. The second-order valence-electron chi connectivity index (χ2n) is 9.22. The van der Waals surface area contributed by atoms with E-state index in [1.54, 1.807) is 35.7 Å². The Labute approximate surface area is 204 Å². The third-order valence-corrected chi connectivity index (χ3v) is 6.33. The van der Waals surface area contributed by atoms with Crippen molar-refractivity contribution in [2.45, 2.75) is 32.8 Å². The van der Waals surface area contributed by atoms with E-state index in [-0.39, 0.29) is 5.91 Å². The number of rotatable bonds is 5. The van der Waals surface area contributed by atoms with Crippen LogP contribution in [0.5, 0.6) is 0 Å². The topological polar surface area (TPSA) is 93.4 Å². The number of hydrogen-bond donors (Lipinski definition) is 1. The summed E-state index contributed by atoms with van der Waals surface area (Å²) in [7, 11) is 0. The minimum atomic E-state index is -0.940. The molecule has 0 unspecified atom stereocenters. The summed E-state index contributed by atoms with van der Waals surface area (Å²) in [6.45, 7) is 7.81. The zero-order valence-corrected chi connectivity index (χ0v) is 20.2. The predicted octanol–water partition coefficient (Wildman–Crippen LogP) is 3.74. The highest BCUT2D eigenvalue weighted by molar-refractivity contribution is 5.95. The smallest absolute Gasteiger partial charge is 0.272 e. The van der Waals surface area contributed by atoms with Gasteiger partial charge in [-0.2, -0.15) is 5.10 Å². The van der Waals surface area contributed by atoms with Crippen molar-refractivity contribution in [3.8, 4) is 16.9 Å². The maximum Gasteiger partial charge on any atom is 0.272 e. The Bertz CT molecular complexity index is 1370. The molecule has 5 rings (SSSR count). The highest BCUT2D eigenvalue weighted by Crippen LogP contribution is 2.27. The average Bonchev–Trinajstić information content (AvgIpc) is 3.26. The fourth-order valence-electron chi connectivity index (χ4n) is 4.29. The van der Waals surface area contributed by atoms with Gasteiger partial charge in [0.25, 0.3) is 5.91 Å². The van der Waals surface area contributed by atoms with E-state index in [0.29, 0.717) is 37.6 Å². The molecule has 35 heavy (non-hydrogen) atoms.